The van der Waals surface area contributed by atoms with Crippen LogP contribution < -0.4 is 9.62 Å². The molecule has 6 nitrogen and oxygen atoms in total. The Balaban J connectivity index is 1.17. The van der Waals surface area contributed by atoms with Gasteiger partial charge in [0.15, 0.2) is 5.13 Å². The van der Waals surface area contributed by atoms with E-state index in [9.17, 15) is 13.2 Å². The number of rotatable bonds is 5. The number of hydrogen-bond acceptors (Lipinski definition) is 5. The molecule has 0 atom stereocenters. The Morgan fingerprint density at radius 3 is 2.46 bits per heavy atom. The number of sulfonamides is 1. The van der Waals surface area contributed by atoms with Gasteiger partial charge < -0.3 is 0 Å². The zero-order valence-electron chi connectivity index (χ0n) is 20.3. The van der Waals surface area contributed by atoms with Crippen molar-refractivity contribution in [3.05, 3.63) is 94.4 Å². The summed E-state index contributed by atoms with van der Waals surface area (Å²) in [6.45, 7) is 0.443. The van der Waals surface area contributed by atoms with Gasteiger partial charge in [-0.3, -0.25) is 14.4 Å². The van der Waals surface area contributed by atoms with Crippen LogP contribution in [0, 0.1) is 0 Å². The molecule has 0 saturated heterocycles. The summed E-state index contributed by atoms with van der Waals surface area (Å²) in [5.41, 5.74) is 6.87. The van der Waals surface area contributed by atoms with Gasteiger partial charge in [0, 0.05) is 23.1 Å². The smallest absolute Gasteiger partial charge is 0.264 e. The number of anilines is 2. The summed E-state index contributed by atoms with van der Waals surface area (Å²) in [5.74, 6) is -0.321. The van der Waals surface area contributed by atoms with E-state index >= 15 is 0 Å². The Kier molecular flexibility index (Phi) is 6.30. The lowest BCUT2D eigenvalue weighted by atomic mass is 9.90. The molecule has 0 radical (unpaired) electrons. The van der Waals surface area contributed by atoms with Crippen molar-refractivity contribution < 1.29 is 13.2 Å². The number of nitrogens with one attached hydrogen (secondary N) is 1. The first-order valence-electron chi connectivity index (χ1n) is 12.6. The van der Waals surface area contributed by atoms with E-state index in [0.717, 1.165) is 48.2 Å². The van der Waals surface area contributed by atoms with E-state index in [-0.39, 0.29) is 10.8 Å². The fraction of sp³-hybridized carbons (Fsp3) is 0.241. The van der Waals surface area contributed by atoms with Crippen LogP contribution in [0.3, 0.4) is 0 Å². The second kappa shape index (κ2) is 9.76. The Morgan fingerprint density at radius 2 is 1.62 bits per heavy atom. The summed E-state index contributed by atoms with van der Waals surface area (Å²) in [7, 11) is -3.72. The lowest BCUT2D eigenvalue weighted by Gasteiger charge is -2.30. The molecule has 0 saturated carbocycles. The first-order chi connectivity index (χ1) is 18.0. The number of aryl methyl sites for hydroxylation is 3. The van der Waals surface area contributed by atoms with Gasteiger partial charge in [0.2, 0.25) is 0 Å². The number of aromatic nitrogens is 1. The summed E-state index contributed by atoms with van der Waals surface area (Å²) in [6, 6.07) is 20.2. The van der Waals surface area contributed by atoms with Crippen molar-refractivity contribution in [2.24, 2.45) is 0 Å². The molecule has 2 aliphatic rings. The quantitative estimate of drug-likeness (QED) is 0.340. The SMILES string of the molecule is O=C(Nc1nc(-c2ccc3c(c2)CCCC3)cs1)c1ccc(S(=O)(=O)N2CCCc3ccccc32)cc1. The second-order valence-corrected chi connectivity index (χ2v) is 12.2. The van der Waals surface area contributed by atoms with Gasteiger partial charge in [-0.15, -0.1) is 11.3 Å². The molecule has 37 heavy (non-hydrogen) atoms. The van der Waals surface area contributed by atoms with Crippen LogP contribution in [0.15, 0.2) is 77.0 Å². The van der Waals surface area contributed by atoms with Crippen LogP contribution in [0.1, 0.15) is 46.3 Å². The first kappa shape index (κ1) is 23.9. The number of benzene rings is 3. The maximum atomic E-state index is 13.4. The molecule has 0 bridgehead atoms. The summed E-state index contributed by atoms with van der Waals surface area (Å²) in [5, 5.41) is 5.32. The average Bonchev–Trinajstić information content (AvgIpc) is 3.41. The number of hydrogen-bond donors (Lipinski definition) is 1. The molecule has 2 heterocycles. The third-order valence-electron chi connectivity index (χ3n) is 7.14. The monoisotopic (exact) mass is 529 g/mol. The number of fused-ring (bicyclic) bond motifs is 2. The molecule has 4 aromatic rings. The Labute approximate surface area is 221 Å². The van der Waals surface area contributed by atoms with Crippen molar-refractivity contribution in [2.45, 2.75) is 43.4 Å². The van der Waals surface area contributed by atoms with Gasteiger partial charge in [-0.05, 0) is 91.6 Å². The predicted molar refractivity (Wildman–Crippen MR) is 148 cm³/mol. The molecule has 1 N–H and O–H groups in total. The molecular formula is C29H27N3O3S2. The molecule has 8 heteroatoms. The van der Waals surface area contributed by atoms with E-state index in [1.807, 2.05) is 29.6 Å². The van der Waals surface area contributed by atoms with Crippen LogP contribution in [0.25, 0.3) is 11.3 Å². The van der Waals surface area contributed by atoms with Gasteiger partial charge in [-0.2, -0.15) is 0 Å². The highest BCUT2D eigenvalue weighted by molar-refractivity contribution is 7.92. The van der Waals surface area contributed by atoms with Gasteiger partial charge in [-0.1, -0.05) is 30.3 Å². The van der Waals surface area contributed by atoms with Crippen molar-refractivity contribution in [3.8, 4) is 11.3 Å². The number of amides is 1. The number of carbonyl (C=O) groups excluding carboxylic acids is 1. The molecule has 0 spiro atoms. The summed E-state index contributed by atoms with van der Waals surface area (Å²) in [4.78, 5) is 17.7. The molecule has 188 valence electrons. The topological polar surface area (TPSA) is 79.4 Å². The van der Waals surface area contributed by atoms with Crippen LogP contribution in [0.4, 0.5) is 10.8 Å². The van der Waals surface area contributed by atoms with Crippen molar-refractivity contribution in [2.75, 3.05) is 16.2 Å². The van der Waals surface area contributed by atoms with E-state index in [1.54, 1.807) is 12.1 Å². The number of carbonyl (C=O) groups is 1. The van der Waals surface area contributed by atoms with Gasteiger partial charge >= 0.3 is 0 Å². The van der Waals surface area contributed by atoms with Crippen LogP contribution >= 0.6 is 11.3 Å². The van der Waals surface area contributed by atoms with Crippen LogP contribution in [-0.4, -0.2) is 25.9 Å². The molecule has 6 rings (SSSR count). The van der Waals surface area contributed by atoms with Crippen molar-refractivity contribution in [1.29, 1.82) is 0 Å². The molecular weight excluding hydrogens is 502 g/mol. The minimum Gasteiger partial charge on any atom is -0.298 e. The zero-order chi connectivity index (χ0) is 25.4. The molecule has 1 aliphatic carbocycles. The molecule has 0 fully saturated rings. The largest absolute Gasteiger partial charge is 0.298 e. The van der Waals surface area contributed by atoms with Gasteiger partial charge in [0.25, 0.3) is 15.9 Å². The standard InChI is InChI=1S/C29H27N3O3S2/c33-28(31-29-30-26(19-36-29)24-12-11-20-6-1-2-8-23(20)18-24)22-13-15-25(16-14-22)37(34,35)32-17-5-9-21-7-3-4-10-27(21)32/h3-4,7,10-16,18-19H,1-2,5-6,8-9,17H2,(H,30,31,33). The van der Waals surface area contributed by atoms with E-state index < -0.39 is 10.0 Å². The molecule has 1 amide bonds. The minimum absolute atomic E-state index is 0.171. The Bertz CT molecular complexity index is 1580. The lowest BCUT2D eigenvalue weighted by molar-refractivity contribution is 0.102. The van der Waals surface area contributed by atoms with Crippen molar-refractivity contribution >= 4 is 38.1 Å². The van der Waals surface area contributed by atoms with Gasteiger partial charge in [0.1, 0.15) is 0 Å². The predicted octanol–water partition coefficient (Wildman–Crippen LogP) is 6.08. The lowest BCUT2D eigenvalue weighted by Crippen LogP contribution is -2.35. The highest BCUT2D eigenvalue weighted by atomic mass is 32.2. The van der Waals surface area contributed by atoms with E-state index in [1.165, 1.54) is 51.7 Å². The second-order valence-electron chi connectivity index (χ2n) is 9.52. The average molecular weight is 530 g/mol. The molecule has 3 aromatic carbocycles. The van der Waals surface area contributed by atoms with Crippen LogP contribution in [0.5, 0.6) is 0 Å². The van der Waals surface area contributed by atoms with E-state index in [4.69, 9.17) is 0 Å². The van der Waals surface area contributed by atoms with Crippen LogP contribution in [-0.2, 0) is 29.3 Å². The number of para-hydroxylation sites is 1. The number of nitrogens with zero attached hydrogens (tertiary/aromatic N) is 2. The highest BCUT2D eigenvalue weighted by Crippen LogP contribution is 2.32. The zero-order valence-corrected chi connectivity index (χ0v) is 21.9. The van der Waals surface area contributed by atoms with Crippen molar-refractivity contribution in [3.63, 3.8) is 0 Å². The van der Waals surface area contributed by atoms with E-state index in [0.29, 0.717) is 17.2 Å². The summed E-state index contributed by atoms with van der Waals surface area (Å²) in [6.07, 6.45) is 6.36. The first-order valence-corrected chi connectivity index (χ1v) is 14.9. The molecule has 0 unspecified atom stereocenters. The van der Waals surface area contributed by atoms with Crippen molar-refractivity contribution in [1.82, 2.24) is 4.98 Å². The van der Waals surface area contributed by atoms with E-state index in [2.05, 4.69) is 28.5 Å². The third kappa shape index (κ3) is 4.67. The molecule has 1 aliphatic heterocycles. The Hall–Kier alpha value is -3.49. The highest BCUT2D eigenvalue weighted by Gasteiger charge is 2.29. The summed E-state index contributed by atoms with van der Waals surface area (Å²) >= 11 is 1.38. The maximum Gasteiger partial charge on any atom is 0.264 e. The Morgan fingerprint density at radius 1 is 0.865 bits per heavy atom. The fourth-order valence-corrected chi connectivity index (χ4v) is 7.44. The van der Waals surface area contributed by atoms with Crippen LogP contribution in [0.2, 0.25) is 0 Å². The van der Waals surface area contributed by atoms with Gasteiger partial charge in [0.05, 0.1) is 16.3 Å². The van der Waals surface area contributed by atoms with Gasteiger partial charge in [-0.25, -0.2) is 13.4 Å². The third-order valence-corrected chi connectivity index (χ3v) is 9.73. The minimum atomic E-state index is -3.72. The number of thiazole rings is 1. The summed E-state index contributed by atoms with van der Waals surface area (Å²) < 4.78 is 28.2. The fourth-order valence-electron chi connectivity index (χ4n) is 5.18. The maximum absolute atomic E-state index is 13.4. The molecule has 1 aromatic heterocycles. The normalized spacial score (nSPS) is 15.1.